The summed E-state index contributed by atoms with van der Waals surface area (Å²) in [5.74, 6) is 1.17. The molecule has 0 radical (unpaired) electrons. The number of likely N-dealkylation sites (N-methyl/N-ethyl adjacent to an activating group) is 1. The van der Waals surface area contributed by atoms with E-state index in [0.717, 1.165) is 48.9 Å². The molecule has 7 nitrogen and oxygen atoms in total. The molecule has 2 heterocycles. The highest BCUT2D eigenvalue weighted by Crippen LogP contribution is 2.64. The summed E-state index contributed by atoms with van der Waals surface area (Å²) in [6, 6.07) is 12.1. The van der Waals surface area contributed by atoms with Crippen LogP contribution in [0.2, 0.25) is 0 Å². The molecule has 204 valence electrons. The maximum absolute atomic E-state index is 13.4. The third-order valence-corrected chi connectivity index (χ3v) is 9.37. The highest BCUT2D eigenvalue weighted by Gasteiger charge is 2.66. The van der Waals surface area contributed by atoms with Crippen LogP contribution in [-0.4, -0.2) is 65.8 Å². The minimum absolute atomic E-state index is 0.0577. The molecule has 39 heavy (non-hydrogen) atoms. The van der Waals surface area contributed by atoms with E-state index in [9.17, 15) is 14.4 Å². The number of aryl methyl sites for hydroxylation is 1. The lowest BCUT2D eigenvalue weighted by Crippen LogP contribution is -2.69. The van der Waals surface area contributed by atoms with Crippen molar-refractivity contribution in [1.82, 2.24) is 9.80 Å². The molecule has 0 aromatic heterocycles. The largest absolute Gasteiger partial charge is 0.483 e. The predicted octanol–water partition coefficient (Wildman–Crippen LogP) is 4.09. The fourth-order valence-corrected chi connectivity index (χ4v) is 7.92. The zero-order valence-electron chi connectivity index (χ0n) is 23.1. The van der Waals surface area contributed by atoms with Gasteiger partial charge in [-0.05, 0) is 75.3 Å². The Morgan fingerprint density at radius 3 is 2.74 bits per heavy atom. The highest BCUT2D eigenvalue weighted by molar-refractivity contribution is 5.92. The summed E-state index contributed by atoms with van der Waals surface area (Å²) in [5, 5.41) is 0. The number of benzene rings is 2. The van der Waals surface area contributed by atoms with E-state index in [1.54, 1.807) is 13.0 Å². The van der Waals surface area contributed by atoms with Crippen molar-refractivity contribution in [2.24, 2.45) is 5.92 Å². The third-order valence-electron chi connectivity index (χ3n) is 9.37. The number of ether oxygens (including phenoxy) is 2. The van der Waals surface area contributed by atoms with Crippen LogP contribution in [0, 0.1) is 12.8 Å². The molecule has 2 aromatic carbocycles. The van der Waals surface area contributed by atoms with Crippen molar-refractivity contribution in [1.29, 1.82) is 0 Å². The highest BCUT2D eigenvalue weighted by atomic mass is 16.6. The van der Waals surface area contributed by atoms with E-state index in [0.29, 0.717) is 24.0 Å². The van der Waals surface area contributed by atoms with Crippen LogP contribution in [0.15, 0.2) is 42.5 Å². The minimum Gasteiger partial charge on any atom is -0.483 e. The fourth-order valence-electron chi connectivity index (χ4n) is 7.92. The van der Waals surface area contributed by atoms with Crippen LogP contribution >= 0.6 is 0 Å². The summed E-state index contributed by atoms with van der Waals surface area (Å²) >= 11 is 0. The van der Waals surface area contributed by atoms with E-state index in [4.69, 9.17) is 9.47 Å². The van der Waals surface area contributed by atoms with Crippen molar-refractivity contribution < 1.29 is 23.9 Å². The first kappa shape index (κ1) is 25.8. The molecule has 0 N–H and O–H groups in total. The summed E-state index contributed by atoms with van der Waals surface area (Å²) in [6.07, 6.45) is 6.71. The fraction of sp³-hybridized carbons (Fsp3) is 0.469. The number of esters is 1. The first-order chi connectivity index (χ1) is 18.7. The number of carbonyl (C=O) groups is 3. The molecule has 1 saturated heterocycles. The Morgan fingerprint density at radius 2 is 2.00 bits per heavy atom. The number of ketones is 1. The number of rotatable bonds is 6. The van der Waals surface area contributed by atoms with Gasteiger partial charge in [0.15, 0.2) is 11.5 Å². The quantitative estimate of drug-likeness (QED) is 0.319. The van der Waals surface area contributed by atoms with Gasteiger partial charge < -0.3 is 14.4 Å². The third kappa shape index (κ3) is 4.18. The topological polar surface area (TPSA) is 76.2 Å². The maximum atomic E-state index is 13.4. The van der Waals surface area contributed by atoms with Gasteiger partial charge in [-0.1, -0.05) is 35.9 Å². The molecule has 1 spiro atoms. The second kappa shape index (κ2) is 9.63. The maximum Gasteiger partial charge on any atom is 0.308 e. The zero-order valence-corrected chi connectivity index (χ0v) is 23.1. The Kier molecular flexibility index (Phi) is 6.37. The Bertz CT molecular complexity index is 1380. The normalized spacial score (nSPS) is 28.5. The van der Waals surface area contributed by atoms with Crippen molar-refractivity contribution >= 4 is 23.7 Å². The Hall–Kier alpha value is -3.45. The molecule has 7 heteroatoms. The van der Waals surface area contributed by atoms with E-state index in [1.807, 2.05) is 49.2 Å². The Morgan fingerprint density at radius 1 is 1.18 bits per heavy atom. The lowest BCUT2D eigenvalue weighted by molar-refractivity contribution is -0.136. The van der Waals surface area contributed by atoms with Gasteiger partial charge in [0.2, 0.25) is 5.91 Å². The van der Waals surface area contributed by atoms with Gasteiger partial charge in [0.25, 0.3) is 0 Å². The zero-order chi connectivity index (χ0) is 27.5. The smallest absolute Gasteiger partial charge is 0.308 e. The van der Waals surface area contributed by atoms with Gasteiger partial charge in [0.1, 0.15) is 11.9 Å². The van der Waals surface area contributed by atoms with Crippen molar-refractivity contribution in [2.75, 3.05) is 20.1 Å². The molecule has 2 aliphatic carbocycles. The van der Waals surface area contributed by atoms with Gasteiger partial charge in [-0.2, -0.15) is 0 Å². The van der Waals surface area contributed by atoms with E-state index in [-0.39, 0.29) is 41.3 Å². The summed E-state index contributed by atoms with van der Waals surface area (Å²) in [5.41, 5.74) is 4.22. The van der Waals surface area contributed by atoms with Crippen LogP contribution in [0.25, 0.3) is 6.08 Å². The monoisotopic (exact) mass is 528 g/mol. The Labute approximate surface area is 229 Å². The summed E-state index contributed by atoms with van der Waals surface area (Å²) < 4.78 is 12.4. The number of amides is 1. The van der Waals surface area contributed by atoms with Crippen LogP contribution in [0.1, 0.15) is 55.4 Å². The predicted molar refractivity (Wildman–Crippen MR) is 148 cm³/mol. The average molecular weight is 529 g/mol. The molecule has 1 saturated carbocycles. The lowest BCUT2D eigenvalue weighted by atomic mass is 9.51. The number of hydrogen-bond donors (Lipinski definition) is 0. The van der Waals surface area contributed by atoms with Crippen LogP contribution in [0.4, 0.5) is 0 Å². The lowest BCUT2D eigenvalue weighted by Gasteiger charge is -2.60. The van der Waals surface area contributed by atoms with E-state index >= 15 is 0 Å². The second-order valence-electron chi connectivity index (χ2n) is 11.7. The standard InChI is InChI=1S/C32H36N2O5/c1-19-6-5-7-22(16-19)8-13-28(37)33(4)25-11-10-24-26-17-23-9-12-27(38-21(3)36)30-29(23)32(24,31(25)39-30)14-15-34(26)18-20(2)35/h5-9,12-13,16,24-26,31H,10-11,14-15,17-18H2,1-4H3/t24-,25-,26+,31-,32-/m0/s1. The van der Waals surface area contributed by atoms with E-state index < -0.39 is 0 Å². The SMILES string of the molecule is CC(=O)CN1CC[C@]23c4c5ccc(OC(C)=O)c4O[C@H]2[C@@H](N(C)C(=O)C=Cc2cccc(C)c2)CC[C@H]3[C@H]1C5. The van der Waals surface area contributed by atoms with Gasteiger partial charge >= 0.3 is 5.97 Å². The number of Topliss-reactive ketones (excluding diaryl/α,β-unsaturated/α-hetero) is 1. The summed E-state index contributed by atoms with van der Waals surface area (Å²) in [4.78, 5) is 41.7. The first-order valence-electron chi connectivity index (χ1n) is 14.0. The van der Waals surface area contributed by atoms with Gasteiger partial charge in [-0.15, -0.1) is 0 Å². The number of piperidine rings is 1. The average Bonchev–Trinajstić information content (AvgIpc) is 3.24. The minimum atomic E-state index is -0.381. The van der Waals surface area contributed by atoms with Gasteiger partial charge in [-0.25, -0.2) is 0 Å². The molecule has 2 fully saturated rings. The van der Waals surface area contributed by atoms with Crippen LogP contribution in [-0.2, 0) is 26.2 Å². The molecule has 6 rings (SSSR count). The van der Waals surface area contributed by atoms with Crippen LogP contribution in [0.5, 0.6) is 11.5 Å². The molecule has 2 aliphatic heterocycles. The van der Waals surface area contributed by atoms with Crippen LogP contribution < -0.4 is 9.47 Å². The molecule has 2 aromatic rings. The summed E-state index contributed by atoms with van der Waals surface area (Å²) in [7, 11) is 1.87. The molecular weight excluding hydrogens is 492 g/mol. The number of carbonyl (C=O) groups excluding carboxylic acids is 3. The second-order valence-corrected chi connectivity index (χ2v) is 11.7. The van der Waals surface area contributed by atoms with Crippen molar-refractivity contribution in [3.05, 3.63) is 64.7 Å². The first-order valence-corrected chi connectivity index (χ1v) is 14.0. The van der Waals surface area contributed by atoms with Gasteiger partial charge in [0.05, 0.1) is 12.6 Å². The number of nitrogens with zero attached hydrogens (tertiary/aromatic N) is 2. The molecule has 0 unspecified atom stereocenters. The number of hydrogen-bond acceptors (Lipinski definition) is 6. The van der Waals surface area contributed by atoms with Crippen LogP contribution in [0.3, 0.4) is 0 Å². The number of likely N-dealkylation sites (tertiary alicyclic amines) is 1. The molecule has 1 amide bonds. The molecule has 4 aliphatic rings. The van der Waals surface area contributed by atoms with Crippen molar-refractivity contribution in [3.8, 4) is 11.5 Å². The van der Waals surface area contributed by atoms with Crippen molar-refractivity contribution in [2.45, 2.75) is 70.1 Å². The molecular formula is C32H36N2O5. The van der Waals surface area contributed by atoms with Gasteiger partial charge in [0, 0.05) is 37.1 Å². The summed E-state index contributed by atoms with van der Waals surface area (Å²) in [6.45, 7) is 6.36. The Balaban J connectivity index is 1.37. The molecule has 2 bridgehead atoms. The van der Waals surface area contributed by atoms with E-state index in [2.05, 4.69) is 17.0 Å². The van der Waals surface area contributed by atoms with Gasteiger partial charge in [-0.3, -0.25) is 19.3 Å². The molecule has 5 atom stereocenters. The van der Waals surface area contributed by atoms with E-state index in [1.165, 1.54) is 12.5 Å². The van der Waals surface area contributed by atoms with Crippen molar-refractivity contribution in [3.63, 3.8) is 0 Å².